The molecule has 2 nitrogen and oxygen atoms in total. The average molecular weight is 260 g/mol. The fourth-order valence-corrected chi connectivity index (χ4v) is 2.57. The lowest BCUT2D eigenvalue weighted by Gasteiger charge is -2.28. The van der Waals surface area contributed by atoms with Crippen LogP contribution in [0, 0.1) is 5.92 Å². The Morgan fingerprint density at radius 2 is 1.83 bits per heavy atom. The molecule has 102 valence electrons. The molecule has 0 bridgehead atoms. The Kier molecular flexibility index (Phi) is 3.69. The van der Waals surface area contributed by atoms with E-state index >= 15 is 0 Å². The summed E-state index contributed by atoms with van der Waals surface area (Å²) in [4.78, 5) is 0. The molecule has 0 aliphatic heterocycles. The average Bonchev–Trinajstić information content (AvgIpc) is 2.77. The van der Waals surface area contributed by atoms with Gasteiger partial charge < -0.3 is 0 Å². The third-order valence-electron chi connectivity index (χ3n) is 3.77. The molecule has 18 heavy (non-hydrogen) atoms. The Balaban J connectivity index is 1.97. The molecule has 0 atom stereocenters. The fourth-order valence-electron chi connectivity index (χ4n) is 2.57. The smallest absolute Gasteiger partial charge is 0.270 e. The highest BCUT2D eigenvalue weighted by Crippen LogP contribution is 2.42. The third kappa shape index (κ3) is 2.87. The van der Waals surface area contributed by atoms with Crippen molar-refractivity contribution in [2.75, 3.05) is 0 Å². The number of hydrogen-bond donors (Lipinski definition) is 0. The van der Waals surface area contributed by atoms with E-state index in [1.807, 2.05) is 30.8 Å². The molecule has 0 amide bonds. The van der Waals surface area contributed by atoms with Gasteiger partial charge in [-0.1, -0.05) is 0 Å². The van der Waals surface area contributed by atoms with Crippen molar-refractivity contribution < 1.29 is 13.2 Å². The summed E-state index contributed by atoms with van der Waals surface area (Å²) >= 11 is 0. The zero-order valence-electron chi connectivity index (χ0n) is 10.7. The topological polar surface area (TPSA) is 17.8 Å². The lowest BCUT2D eigenvalue weighted by molar-refractivity contribution is -0.182. The van der Waals surface area contributed by atoms with Gasteiger partial charge in [0.2, 0.25) is 0 Å². The molecule has 0 N–H and O–H groups in total. The third-order valence-corrected chi connectivity index (χ3v) is 3.77. The van der Waals surface area contributed by atoms with Crippen LogP contribution in [0.3, 0.4) is 0 Å². The summed E-state index contributed by atoms with van der Waals surface area (Å²) in [5, 5.41) is 4.46. The summed E-state index contributed by atoms with van der Waals surface area (Å²) in [6.45, 7) is 4.08. The zero-order valence-corrected chi connectivity index (χ0v) is 10.7. The van der Waals surface area contributed by atoms with Crippen LogP contribution >= 0.6 is 0 Å². The predicted octanol–water partition coefficient (Wildman–Crippen LogP) is 4.30. The van der Waals surface area contributed by atoms with Crippen LogP contribution in [0.1, 0.15) is 57.2 Å². The van der Waals surface area contributed by atoms with E-state index in [0.29, 0.717) is 18.9 Å². The van der Waals surface area contributed by atoms with Crippen molar-refractivity contribution in [3.05, 3.63) is 18.0 Å². The summed E-state index contributed by atoms with van der Waals surface area (Å²) < 4.78 is 39.5. The standard InChI is InChI=1S/C13H19F3N2/c1-9(2)18-8-7-12(17-18)10-3-5-11(6-4-10)13(14,15)16/h7-11H,3-6H2,1-2H3. The van der Waals surface area contributed by atoms with Gasteiger partial charge in [0.15, 0.2) is 0 Å². The highest BCUT2D eigenvalue weighted by Gasteiger charge is 2.41. The second kappa shape index (κ2) is 4.94. The zero-order chi connectivity index (χ0) is 13.3. The van der Waals surface area contributed by atoms with Gasteiger partial charge in [-0.15, -0.1) is 0 Å². The summed E-state index contributed by atoms with van der Waals surface area (Å²) in [6, 6.07) is 2.24. The van der Waals surface area contributed by atoms with E-state index in [1.165, 1.54) is 0 Å². The van der Waals surface area contributed by atoms with Gasteiger partial charge in [-0.05, 0) is 45.6 Å². The van der Waals surface area contributed by atoms with E-state index in [1.54, 1.807) is 0 Å². The van der Waals surface area contributed by atoms with Gasteiger partial charge in [-0.2, -0.15) is 18.3 Å². The molecule has 0 aromatic carbocycles. The first-order valence-electron chi connectivity index (χ1n) is 6.49. The van der Waals surface area contributed by atoms with Crippen molar-refractivity contribution >= 4 is 0 Å². The maximum Gasteiger partial charge on any atom is 0.391 e. The SMILES string of the molecule is CC(C)n1ccc(C2CCC(C(F)(F)F)CC2)n1. The van der Waals surface area contributed by atoms with E-state index in [4.69, 9.17) is 0 Å². The first-order chi connectivity index (χ1) is 8.38. The molecular weight excluding hydrogens is 241 g/mol. The summed E-state index contributed by atoms with van der Waals surface area (Å²) in [7, 11) is 0. The van der Waals surface area contributed by atoms with Crippen molar-refractivity contribution in [1.29, 1.82) is 0 Å². The van der Waals surface area contributed by atoms with E-state index < -0.39 is 12.1 Å². The molecule has 2 rings (SSSR count). The maximum atomic E-state index is 12.6. The Bertz CT molecular complexity index is 387. The summed E-state index contributed by atoms with van der Waals surface area (Å²) in [6.07, 6.45) is -0.442. The van der Waals surface area contributed by atoms with E-state index in [2.05, 4.69) is 5.10 Å². The first-order valence-corrected chi connectivity index (χ1v) is 6.49. The second-order valence-corrected chi connectivity index (χ2v) is 5.40. The fraction of sp³-hybridized carbons (Fsp3) is 0.769. The van der Waals surface area contributed by atoms with Crippen molar-refractivity contribution in [1.82, 2.24) is 9.78 Å². The molecule has 1 aliphatic rings. The number of nitrogens with zero attached hydrogens (tertiary/aromatic N) is 2. The molecule has 1 saturated carbocycles. The van der Waals surface area contributed by atoms with Gasteiger partial charge in [-0.3, -0.25) is 4.68 Å². The minimum absolute atomic E-state index is 0.198. The lowest BCUT2D eigenvalue weighted by atomic mass is 9.80. The van der Waals surface area contributed by atoms with E-state index in [-0.39, 0.29) is 18.8 Å². The molecule has 1 aromatic heterocycles. The van der Waals surface area contributed by atoms with Crippen LogP contribution in [-0.4, -0.2) is 16.0 Å². The van der Waals surface area contributed by atoms with Crippen molar-refractivity contribution in [3.8, 4) is 0 Å². The summed E-state index contributed by atoms with van der Waals surface area (Å²) in [5.41, 5.74) is 0.948. The summed E-state index contributed by atoms with van der Waals surface area (Å²) in [5.74, 6) is -0.912. The van der Waals surface area contributed by atoms with Crippen LogP contribution in [0.2, 0.25) is 0 Å². The number of rotatable bonds is 2. The van der Waals surface area contributed by atoms with Crippen molar-refractivity contribution in [2.24, 2.45) is 5.92 Å². The second-order valence-electron chi connectivity index (χ2n) is 5.40. The molecule has 0 saturated heterocycles. The van der Waals surface area contributed by atoms with Gasteiger partial charge in [0.1, 0.15) is 0 Å². The predicted molar refractivity (Wildman–Crippen MR) is 63.4 cm³/mol. The van der Waals surface area contributed by atoms with Gasteiger partial charge in [0, 0.05) is 18.2 Å². The Morgan fingerprint density at radius 3 is 2.28 bits per heavy atom. The normalized spacial score (nSPS) is 25.7. The van der Waals surface area contributed by atoms with Crippen molar-refractivity contribution in [3.63, 3.8) is 0 Å². The molecule has 5 heteroatoms. The molecule has 0 radical (unpaired) electrons. The first kappa shape index (κ1) is 13.4. The molecule has 1 aliphatic carbocycles. The Hall–Kier alpha value is -1.00. The van der Waals surface area contributed by atoms with Crippen LogP contribution in [0.4, 0.5) is 13.2 Å². The minimum atomic E-state index is -4.03. The number of alkyl halides is 3. The van der Waals surface area contributed by atoms with Crippen LogP contribution in [0.5, 0.6) is 0 Å². The van der Waals surface area contributed by atoms with Crippen LogP contribution in [-0.2, 0) is 0 Å². The monoisotopic (exact) mass is 260 g/mol. The Morgan fingerprint density at radius 1 is 1.22 bits per heavy atom. The highest BCUT2D eigenvalue weighted by atomic mass is 19.4. The van der Waals surface area contributed by atoms with Gasteiger partial charge >= 0.3 is 6.18 Å². The molecule has 1 aromatic rings. The van der Waals surface area contributed by atoms with Crippen LogP contribution in [0.25, 0.3) is 0 Å². The number of aromatic nitrogens is 2. The van der Waals surface area contributed by atoms with Crippen LogP contribution < -0.4 is 0 Å². The Labute approximate surface area is 105 Å². The van der Waals surface area contributed by atoms with E-state index in [9.17, 15) is 13.2 Å². The highest BCUT2D eigenvalue weighted by molar-refractivity contribution is 5.08. The largest absolute Gasteiger partial charge is 0.391 e. The molecule has 1 fully saturated rings. The number of halogens is 3. The molecule has 0 unspecified atom stereocenters. The van der Waals surface area contributed by atoms with E-state index in [0.717, 1.165) is 5.69 Å². The van der Waals surface area contributed by atoms with Gasteiger partial charge in [-0.25, -0.2) is 0 Å². The number of hydrogen-bond acceptors (Lipinski definition) is 1. The van der Waals surface area contributed by atoms with Gasteiger partial charge in [0.05, 0.1) is 11.6 Å². The molecular formula is C13H19F3N2. The van der Waals surface area contributed by atoms with Crippen LogP contribution in [0.15, 0.2) is 12.3 Å². The van der Waals surface area contributed by atoms with Gasteiger partial charge in [0.25, 0.3) is 0 Å². The lowest BCUT2D eigenvalue weighted by Crippen LogP contribution is -2.27. The maximum absolute atomic E-state index is 12.6. The quantitative estimate of drug-likeness (QED) is 0.775. The minimum Gasteiger partial charge on any atom is -0.270 e. The van der Waals surface area contributed by atoms with Crippen molar-refractivity contribution in [2.45, 2.75) is 57.7 Å². The molecule has 1 heterocycles. The molecule has 0 spiro atoms.